The van der Waals surface area contributed by atoms with Crippen molar-refractivity contribution in [3.63, 3.8) is 0 Å². The van der Waals surface area contributed by atoms with Crippen LogP contribution in [0, 0.1) is 0 Å². The highest BCUT2D eigenvalue weighted by Gasteiger charge is 2.16. The molecule has 2 aromatic rings. The molecule has 0 spiro atoms. The average Bonchev–Trinajstić information content (AvgIpc) is 3.08. The third-order valence-electron chi connectivity index (χ3n) is 3.37. The molecule has 0 aliphatic rings. The lowest BCUT2D eigenvalue weighted by atomic mass is 10.2. The summed E-state index contributed by atoms with van der Waals surface area (Å²) in [6.45, 7) is 2.01. The molecular formula is C15H19N5O2. The molecule has 1 N–H and O–H groups in total. The van der Waals surface area contributed by atoms with E-state index in [9.17, 15) is 9.59 Å². The Labute approximate surface area is 129 Å². The molecule has 0 radical (unpaired) electrons. The molecule has 22 heavy (non-hydrogen) atoms. The van der Waals surface area contributed by atoms with E-state index in [1.165, 1.54) is 17.3 Å². The number of hydrogen-bond donors (Lipinski definition) is 1. The topological polar surface area (TPSA) is 80.1 Å². The van der Waals surface area contributed by atoms with E-state index in [1.807, 2.05) is 30.3 Å². The fraction of sp³-hybridized carbons (Fsp3) is 0.333. The van der Waals surface area contributed by atoms with Crippen molar-refractivity contribution < 1.29 is 9.59 Å². The van der Waals surface area contributed by atoms with Crippen LogP contribution in [-0.2, 0) is 9.59 Å². The Kier molecular flexibility index (Phi) is 5.24. The highest BCUT2D eigenvalue weighted by Crippen LogP contribution is 2.11. The molecule has 0 saturated heterocycles. The third kappa shape index (κ3) is 3.91. The molecule has 1 aromatic heterocycles. The molecule has 0 unspecified atom stereocenters. The number of rotatable bonds is 6. The summed E-state index contributed by atoms with van der Waals surface area (Å²) in [5, 5.41) is 6.65. The van der Waals surface area contributed by atoms with Gasteiger partial charge in [0.25, 0.3) is 0 Å². The van der Waals surface area contributed by atoms with Gasteiger partial charge in [-0.15, -0.1) is 0 Å². The van der Waals surface area contributed by atoms with Crippen LogP contribution >= 0.6 is 0 Å². The largest absolute Gasteiger partial charge is 0.354 e. The van der Waals surface area contributed by atoms with Crippen molar-refractivity contribution >= 4 is 17.5 Å². The number of para-hydroxylation sites is 1. The van der Waals surface area contributed by atoms with Gasteiger partial charge in [-0.3, -0.25) is 9.59 Å². The summed E-state index contributed by atoms with van der Waals surface area (Å²) in [6, 6.07) is 8.92. The van der Waals surface area contributed by atoms with Crippen LogP contribution in [0.2, 0.25) is 0 Å². The molecule has 7 nitrogen and oxygen atoms in total. The van der Waals surface area contributed by atoms with E-state index >= 15 is 0 Å². The molecule has 116 valence electrons. The van der Waals surface area contributed by atoms with Gasteiger partial charge in [-0.05, 0) is 19.1 Å². The average molecular weight is 301 g/mol. The van der Waals surface area contributed by atoms with Gasteiger partial charge in [-0.25, -0.2) is 9.67 Å². The van der Waals surface area contributed by atoms with Gasteiger partial charge in [0, 0.05) is 25.7 Å². The minimum absolute atomic E-state index is 0.0556. The minimum atomic E-state index is -0.454. The van der Waals surface area contributed by atoms with E-state index in [0.29, 0.717) is 0 Å². The predicted octanol–water partition coefficient (Wildman–Crippen LogP) is 1.01. The van der Waals surface area contributed by atoms with Gasteiger partial charge in [-0.1, -0.05) is 18.2 Å². The quantitative estimate of drug-likeness (QED) is 0.863. The molecule has 0 saturated carbocycles. The van der Waals surface area contributed by atoms with Crippen LogP contribution in [0.1, 0.15) is 19.4 Å². The van der Waals surface area contributed by atoms with Crippen LogP contribution < -0.4 is 10.2 Å². The SMILES string of the molecule is C[C@H](C(=O)NCCC(=O)N(C)c1ccccc1)n1cncn1. The van der Waals surface area contributed by atoms with Gasteiger partial charge in [-0.2, -0.15) is 5.10 Å². The molecule has 2 rings (SSSR count). The number of amides is 2. The molecular weight excluding hydrogens is 282 g/mol. The zero-order valence-corrected chi connectivity index (χ0v) is 12.6. The second-order valence-electron chi connectivity index (χ2n) is 4.88. The number of carbonyl (C=O) groups excluding carboxylic acids is 2. The van der Waals surface area contributed by atoms with Crippen LogP contribution in [0.25, 0.3) is 0 Å². The zero-order chi connectivity index (χ0) is 15.9. The Morgan fingerprint density at radius 2 is 2.05 bits per heavy atom. The van der Waals surface area contributed by atoms with Gasteiger partial charge < -0.3 is 10.2 Å². The molecule has 2 amide bonds. The first kappa shape index (κ1) is 15.7. The number of benzene rings is 1. The lowest BCUT2D eigenvalue weighted by Crippen LogP contribution is -2.35. The minimum Gasteiger partial charge on any atom is -0.354 e. The Bertz CT molecular complexity index is 612. The third-order valence-corrected chi connectivity index (χ3v) is 3.37. The van der Waals surface area contributed by atoms with Gasteiger partial charge in [0.15, 0.2) is 0 Å². The van der Waals surface area contributed by atoms with Crippen molar-refractivity contribution in [2.24, 2.45) is 0 Å². The normalized spacial score (nSPS) is 11.7. The van der Waals surface area contributed by atoms with E-state index in [4.69, 9.17) is 0 Å². The van der Waals surface area contributed by atoms with E-state index in [2.05, 4.69) is 15.4 Å². The smallest absolute Gasteiger partial charge is 0.244 e. The fourth-order valence-corrected chi connectivity index (χ4v) is 1.94. The second-order valence-corrected chi connectivity index (χ2v) is 4.88. The molecule has 0 aliphatic carbocycles. The summed E-state index contributed by atoms with van der Waals surface area (Å²) < 4.78 is 1.47. The van der Waals surface area contributed by atoms with Crippen molar-refractivity contribution in [1.82, 2.24) is 20.1 Å². The molecule has 0 aliphatic heterocycles. The van der Waals surface area contributed by atoms with E-state index in [0.717, 1.165) is 5.69 Å². The summed E-state index contributed by atoms with van der Waals surface area (Å²) in [7, 11) is 1.72. The zero-order valence-electron chi connectivity index (χ0n) is 12.6. The molecule has 7 heteroatoms. The fourth-order valence-electron chi connectivity index (χ4n) is 1.94. The number of nitrogens with one attached hydrogen (secondary N) is 1. The van der Waals surface area contributed by atoms with Crippen molar-refractivity contribution in [1.29, 1.82) is 0 Å². The summed E-state index contributed by atoms with van der Waals surface area (Å²) in [5.41, 5.74) is 0.829. The molecule has 0 bridgehead atoms. The Morgan fingerprint density at radius 3 is 2.68 bits per heavy atom. The Morgan fingerprint density at radius 1 is 1.32 bits per heavy atom. The predicted molar refractivity (Wildman–Crippen MR) is 82.2 cm³/mol. The lowest BCUT2D eigenvalue weighted by molar-refractivity contribution is -0.124. The number of carbonyl (C=O) groups is 2. The van der Waals surface area contributed by atoms with Gasteiger partial charge >= 0.3 is 0 Å². The summed E-state index contributed by atoms with van der Waals surface area (Å²) in [5.74, 6) is -0.249. The van der Waals surface area contributed by atoms with Gasteiger partial charge in [0.2, 0.25) is 11.8 Å². The molecule has 1 aromatic carbocycles. The van der Waals surface area contributed by atoms with Crippen LogP contribution in [0.4, 0.5) is 5.69 Å². The molecule has 1 atom stereocenters. The Hall–Kier alpha value is -2.70. The molecule has 0 fully saturated rings. The summed E-state index contributed by atoms with van der Waals surface area (Å²) in [6.07, 6.45) is 3.10. The van der Waals surface area contributed by atoms with Crippen LogP contribution in [0.15, 0.2) is 43.0 Å². The first-order valence-electron chi connectivity index (χ1n) is 7.03. The number of nitrogens with zero attached hydrogens (tertiary/aromatic N) is 4. The second kappa shape index (κ2) is 7.35. The van der Waals surface area contributed by atoms with Crippen LogP contribution in [-0.4, -0.2) is 40.2 Å². The van der Waals surface area contributed by atoms with Crippen molar-refractivity contribution in [2.45, 2.75) is 19.4 Å². The highest BCUT2D eigenvalue weighted by atomic mass is 16.2. The maximum absolute atomic E-state index is 12.1. The van der Waals surface area contributed by atoms with Gasteiger partial charge in [0.05, 0.1) is 0 Å². The lowest BCUT2D eigenvalue weighted by Gasteiger charge is -2.18. The number of aromatic nitrogens is 3. The maximum atomic E-state index is 12.1. The first-order valence-corrected chi connectivity index (χ1v) is 7.03. The van der Waals surface area contributed by atoms with Crippen molar-refractivity contribution in [3.8, 4) is 0 Å². The highest BCUT2D eigenvalue weighted by molar-refractivity contribution is 5.93. The molecule has 1 heterocycles. The number of anilines is 1. The first-order chi connectivity index (χ1) is 10.6. The number of hydrogen-bond acceptors (Lipinski definition) is 4. The van der Waals surface area contributed by atoms with Gasteiger partial charge in [0.1, 0.15) is 18.7 Å². The Balaban J connectivity index is 1.78. The standard InChI is InChI=1S/C15H19N5O2/c1-12(20-11-16-10-18-20)15(22)17-9-8-14(21)19(2)13-6-4-3-5-7-13/h3-7,10-12H,8-9H2,1-2H3,(H,17,22)/t12-/m1/s1. The van der Waals surface area contributed by atoms with Crippen molar-refractivity contribution in [2.75, 3.05) is 18.5 Å². The van der Waals surface area contributed by atoms with E-state index < -0.39 is 6.04 Å². The monoisotopic (exact) mass is 301 g/mol. The van der Waals surface area contributed by atoms with Crippen LogP contribution in [0.3, 0.4) is 0 Å². The maximum Gasteiger partial charge on any atom is 0.244 e. The van der Waals surface area contributed by atoms with E-state index in [1.54, 1.807) is 18.9 Å². The van der Waals surface area contributed by atoms with E-state index in [-0.39, 0.29) is 24.8 Å². The summed E-state index contributed by atoms with van der Waals surface area (Å²) >= 11 is 0. The van der Waals surface area contributed by atoms with Crippen molar-refractivity contribution in [3.05, 3.63) is 43.0 Å². The van der Waals surface area contributed by atoms with Crippen LogP contribution in [0.5, 0.6) is 0 Å². The summed E-state index contributed by atoms with van der Waals surface area (Å²) in [4.78, 5) is 29.4.